The van der Waals surface area contributed by atoms with E-state index < -0.39 is 5.79 Å². The number of nitrogens with zero attached hydrogens (tertiary/aromatic N) is 1. The van der Waals surface area contributed by atoms with Gasteiger partial charge in [-0.15, -0.1) is 0 Å². The van der Waals surface area contributed by atoms with Crippen LogP contribution in [0.1, 0.15) is 70.8 Å². The van der Waals surface area contributed by atoms with Gasteiger partial charge in [-0.05, 0) is 51.0 Å². The summed E-state index contributed by atoms with van der Waals surface area (Å²) in [6.45, 7) is 5.53. The molecule has 4 rings (SSSR count). The van der Waals surface area contributed by atoms with Gasteiger partial charge in [-0.3, -0.25) is 4.84 Å². The molecule has 3 fully saturated rings. The Kier molecular flexibility index (Phi) is 6.18. The molecule has 2 saturated carbocycles. The molecule has 2 atom stereocenters. The molecule has 0 radical (unpaired) electrons. The van der Waals surface area contributed by atoms with Gasteiger partial charge < -0.3 is 9.47 Å². The summed E-state index contributed by atoms with van der Waals surface area (Å²) < 4.78 is 12.3. The van der Waals surface area contributed by atoms with E-state index in [9.17, 15) is 0 Å². The molecule has 1 aliphatic heterocycles. The smallest absolute Gasteiger partial charge is 0.163 e. The van der Waals surface area contributed by atoms with Crippen LogP contribution in [0, 0.1) is 5.92 Å². The van der Waals surface area contributed by atoms with Crippen LogP contribution in [0.4, 0.5) is 0 Å². The fraction of sp³-hybridized carbons (Fsp3) is 0.739. The third-order valence-corrected chi connectivity index (χ3v) is 6.39. The first-order valence-corrected chi connectivity index (χ1v) is 10.9. The van der Waals surface area contributed by atoms with Crippen molar-refractivity contribution in [1.29, 1.82) is 0 Å². The molecule has 3 aliphatic rings. The number of hydrogen-bond acceptors (Lipinski definition) is 4. The Morgan fingerprint density at radius 2 is 1.70 bits per heavy atom. The Balaban J connectivity index is 1.57. The molecular formula is C23H35NO3. The molecular weight excluding hydrogens is 338 g/mol. The Labute approximate surface area is 164 Å². The molecule has 27 heavy (non-hydrogen) atoms. The molecule has 0 bridgehead atoms. The van der Waals surface area contributed by atoms with Crippen molar-refractivity contribution in [3.8, 4) is 0 Å². The summed E-state index contributed by atoms with van der Waals surface area (Å²) in [6.07, 6.45) is 10.5. The molecule has 0 amide bonds. The van der Waals surface area contributed by atoms with E-state index in [1.54, 1.807) is 0 Å². The molecule has 2 aliphatic carbocycles. The van der Waals surface area contributed by atoms with Crippen LogP contribution in [0.15, 0.2) is 30.3 Å². The maximum Gasteiger partial charge on any atom is 0.163 e. The predicted octanol–water partition coefficient (Wildman–Crippen LogP) is 5.07. The fourth-order valence-corrected chi connectivity index (χ4v) is 5.07. The lowest BCUT2D eigenvalue weighted by atomic mass is 9.92. The van der Waals surface area contributed by atoms with Gasteiger partial charge in [0.05, 0.1) is 18.8 Å². The zero-order chi connectivity index (χ0) is 18.7. The van der Waals surface area contributed by atoms with Crippen molar-refractivity contribution in [1.82, 2.24) is 5.06 Å². The van der Waals surface area contributed by atoms with Crippen molar-refractivity contribution < 1.29 is 14.3 Å². The Morgan fingerprint density at radius 1 is 1.04 bits per heavy atom. The quantitative estimate of drug-likeness (QED) is 0.624. The molecule has 0 unspecified atom stereocenters. The Hall–Kier alpha value is -0.940. The lowest BCUT2D eigenvalue weighted by Crippen LogP contribution is -2.50. The summed E-state index contributed by atoms with van der Waals surface area (Å²) in [7, 11) is 0. The van der Waals surface area contributed by atoms with Crippen LogP contribution < -0.4 is 0 Å². The number of rotatable bonds is 7. The highest BCUT2D eigenvalue weighted by molar-refractivity contribution is 5.14. The highest BCUT2D eigenvalue weighted by atomic mass is 16.7. The predicted molar refractivity (Wildman–Crippen MR) is 106 cm³/mol. The lowest BCUT2D eigenvalue weighted by Gasteiger charge is -2.39. The molecule has 0 aromatic heterocycles. The van der Waals surface area contributed by atoms with Crippen LogP contribution in [0.25, 0.3) is 0 Å². The van der Waals surface area contributed by atoms with Crippen LogP contribution in [0.2, 0.25) is 0 Å². The SMILES string of the molecule is CC1(C)OC[C@H]([C@H](C2CCCC2)N(Cc2ccccc2)OC2CCCC2)O1. The zero-order valence-electron chi connectivity index (χ0n) is 16.9. The zero-order valence-corrected chi connectivity index (χ0v) is 16.9. The van der Waals surface area contributed by atoms with Crippen LogP contribution in [0.5, 0.6) is 0 Å². The van der Waals surface area contributed by atoms with Gasteiger partial charge in [0.1, 0.15) is 6.10 Å². The maximum absolute atomic E-state index is 6.67. The van der Waals surface area contributed by atoms with Crippen LogP contribution >= 0.6 is 0 Å². The first kappa shape index (κ1) is 19.4. The lowest BCUT2D eigenvalue weighted by molar-refractivity contribution is -0.257. The van der Waals surface area contributed by atoms with Crippen molar-refractivity contribution in [3.05, 3.63) is 35.9 Å². The number of hydrogen-bond donors (Lipinski definition) is 0. The second-order valence-electron chi connectivity index (χ2n) is 8.97. The van der Waals surface area contributed by atoms with E-state index in [0.29, 0.717) is 18.6 Å². The van der Waals surface area contributed by atoms with Crippen LogP contribution in [-0.4, -0.2) is 35.7 Å². The third kappa shape index (κ3) is 4.92. The topological polar surface area (TPSA) is 30.9 Å². The van der Waals surface area contributed by atoms with E-state index >= 15 is 0 Å². The Morgan fingerprint density at radius 3 is 2.33 bits per heavy atom. The summed E-state index contributed by atoms with van der Waals surface area (Å²) in [4.78, 5) is 6.67. The van der Waals surface area contributed by atoms with Gasteiger partial charge in [-0.2, -0.15) is 5.06 Å². The summed E-state index contributed by atoms with van der Waals surface area (Å²) >= 11 is 0. The maximum atomic E-state index is 6.67. The molecule has 0 spiro atoms. The molecule has 0 N–H and O–H groups in total. The minimum atomic E-state index is -0.493. The second kappa shape index (κ2) is 8.60. The third-order valence-electron chi connectivity index (χ3n) is 6.39. The molecule has 1 heterocycles. The van der Waals surface area contributed by atoms with Crippen LogP contribution in [-0.2, 0) is 20.9 Å². The average Bonchev–Trinajstić information content (AvgIpc) is 3.39. The number of hydroxylamine groups is 2. The van der Waals surface area contributed by atoms with Gasteiger partial charge in [-0.25, -0.2) is 0 Å². The first-order chi connectivity index (χ1) is 13.1. The van der Waals surface area contributed by atoms with Crippen molar-refractivity contribution >= 4 is 0 Å². The molecule has 1 aromatic carbocycles. The van der Waals surface area contributed by atoms with Crippen molar-refractivity contribution in [2.45, 2.75) is 95.8 Å². The van der Waals surface area contributed by atoms with Gasteiger partial charge in [0.2, 0.25) is 0 Å². The largest absolute Gasteiger partial charge is 0.348 e. The number of benzene rings is 1. The number of ether oxygens (including phenoxy) is 2. The minimum Gasteiger partial charge on any atom is -0.348 e. The van der Waals surface area contributed by atoms with Gasteiger partial charge in [0, 0.05) is 6.54 Å². The average molecular weight is 374 g/mol. The van der Waals surface area contributed by atoms with E-state index in [4.69, 9.17) is 14.3 Å². The normalized spacial score (nSPS) is 27.6. The van der Waals surface area contributed by atoms with Crippen LogP contribution in [0.3, 0.4) is 0 Å². The molecule has 150 valence electrons. The van der Waals surface area contributed by atoms with Gasteiger partial charge >= 0.3 is 0 Å². The highest BCUT2D eigenvalue weighted by Crippen LogP contribution is 2.38. The van der Waals surface area contributed by atoms with E-state index in [1.165, 1.54) is 56.9 Å². The monoisotopic (exact) mass is 373 g/mol. The summed E-state index contributed by atoms with van der Waals surface area (Å²) in [6, 6.07) is 11.0. The highest BCUT2D eigenvalue weighted by Gasteiger charge is 2.45. The standard InChI is InChI=1S/C23H35NO3/c1-23(2)25-17-21(26-23)22(19-12-6-7-13-19)24(27-20-14-8-9-15-20)16-18-10-4-3-5-11-18/h3-5,10-11,19-22H,6-9,12-17H2,1-2H3/t21-,22+/m1/s1. The Bertz CT molecular complexity index is 579. The first-order valence-electron chi connectivity index (χ1n) is 10.9. The van der Waals surface area contributed by atoms with Gasteiger partial charge in [0.15, 0.2) is 5.79 Å². The second-order valence-corrected chi connectivity index (χ2v) is 8.97. The summed E-state index contributed by atoms with van der Waals surface area (Å²) in [5, 5.41) is 2.29. The van der Waals surface area contributed by atoms with Crippen molar-refractivity contribution in [3.63, 3.8) is 0 Å². The van der Waals surface area contributed by atoms with Gasteiger partial charge in [-0.1, -0.05) is 56.0 Å². The van der Waals surface area contributed by atoms with E-state index in [0.717, 1.165) is 6.54 Å². The van der Waals surface area contributed by atoms with E-state index in [2.05, 4.69) is 35.4 Å². The molecule has 1 saturated heterocycles. The molecule has 4 nitrogen and oxygen atoms in total. The fourth-order valence-electron chi connectivity index (χ4n) is 5.07. The molecule has 1 aromatic rings. The van der Waals surface area contributed by atoms with Crippen molar-refractivity contribution in [2.75, 3.05) is 6.61 Å². The van der Waals surface area contributed by atoms with Crippen molar-refractivity contribution in [2.24, 2.45) is 5.92 Å². The molecule has 4 heteroatoms. The van der Waals surface area contributed by atoms with Gasteiger partial charge in [0.25, 0.3) is 0 Å². The van der Waals surface area contributed by atoms with E-state index in [1.807, 2.05) is 13.8 Å². The minimum absolute atomic E-state index is 0.0771. The summed E-state index contributed by atoms with van der Waals surface area (Å²) in [5.41, 5.74) is 1.30. The van der Waals surface area contributed by atoms with E-state index in [-0.39, 0.29) is 12.1 Å². The summed E-state index contributed by atoms with van der Waals surface area (Å²) in [5.74, 6) is 0.130.